The van der Waals surface area contributed by atoms with Crippen molar-refractivity contribution < 1.29 is 14.7 Å². The van der Waals surface area contributed by atoms with Crippen LogP contribution in [-0.4, -0.2) is 41.9 Å². The number of fused-ring (bicyclic) bond motifs is 1. The highest BCUT2D eigenvalue weighted by Gasteiger charge is 2.25. The van der Waals surface area contributed by atoms with Gasteiger partial charge < -0.3 is 10.0 Å². The van der Waals surface area contributed by atoms with Gasteiger partial charge in [0.15, 0.2) is 5.78 Å². The number of nitrogens with zero attached hydrogens (tertiary/aromatic N) is 1. The van der Waals surface area contributed by atoms with Crippen LogP contribution in [0.5, 0.6) is 0 Å². The second-order valence-electron chi connectivity index (χ2n) is 6.61. The molecule has 23 heavy (non-hydrogen) atoms. The molecule has 4 nitrogen and oxygen atoms in total. The summed E-state index contributed by atoms with van der Waals surface area (Å²) in [5.41, 5.74) is 3.25. The molecule has 0 bridgehead atoms. The normalized spacial score (nSPS) is 14.7. The van der Waals surface area contributed by atoms with Gasteiger partial charge in [-0.1, -0.05) is 25.5 Å². The van der Waals surface area contributed by atoms with Crippen molar-refractivity contribution in [2.45, 2.75) is 45.4 Å². The number of carboxylic acid groups (broad SMARTS) is 1. The van der Waals surface area contributed by atoms with Gasteiger partial charge in [0.1, 0.15) is 0 Å². The van der Waals surface area contributed by atoms with Crippen molar-refractivity contribution in [2.75, 3.05) is 20.1 Å². The van der Waals surface area contributed by atoms with E-state index in [1.165, 1.54) is 11.1 Å². The topological polar surface area (TPSA) is 57.6 Å². The third-order valence-corrected chi connectivity index (χ3v) is 4.60. The summed E-state index contributed by atoms with van der Waals surface area (Å²) < 4.78 is 0. The van der Waals surface area contributed by atoms with Gasteiger partial charge in [-0.2, -0.15) is 0 Å². The summed E-state index contributed by atoms with van der Waals surface area (Å²) in [6.07, 6.45) is 5.30. The number of hydrogen-bond donors (Lipinski definition) is 1. The van der Waals surface area contributed by atoms with E-state index in [0.29, 0.717) is 12.1 Å². The van der Waals surface area contributed by atoms with Crippen LogP contribution in [0.25, 0.3) is 0 Å². The predicted octanol–water partition coefficient (Wildman–Crippen LogP) is 3.18. The smallest absolute Gasteiger partial charge is 0.304 e. The van der Waals surface area contributed by atoms with Gasteiger partial charge in [0, 0.05) is 18.0 Å². The molecule has 0 aromatic heterocycles. The maximum atomic E-state index is 12.8. The van der Waals surface area contributed by atoms with Crippen molar-refractivity contribution in [3.05, 3.63) is 34.9 Å². The van der Waals surface area contributed by atoms with E-state index >= 15 is 0 Å². The minimum atomic E-state index is -0.909. The average molecular weight is 317 g/mol. The standard InChI is InChI=1S/C19H27NO3/c1-3-4-10-20(2)13-17(12-18(21)22)19(23)16-9-8-14-6-5-7-15(14)11-16/h8-9,11,17H,3-7,10,12-13H2,1-2H3,(H,21,22). The van der Waals surface area contributed by atoms with Crippen molar-refractivity contribution in [1.29, 1.82) is 0 Å². The number of benzene rings is 1. The zero-order chi connectivity index (χ0) is 16.8. The number of aryl methyl sites for hydroxylation is 2. The van der Waals surface area contributed by atoms with Crippen molar-refractivity contribution in [1.82, 2.24) is 4.90 Å². The zero-order valence-electron chi connectivity index (χ0n) is 14.2. The minimum absolute atomic E-state index is 0.0366. The lowest BCUT2D eigenvalue weighted by Gasteiger charge is -2.22. The number of ketones is 1. The molecule has 4 heteroatoms. The quantitative estimate of drug-likeness (QED) is 0.711. The Morgan fingerprint density at radius 1 is 1.26 bits per heavy atom. The van der Waals surface area contributed by atoms with Crippen LogP contribution in [0.15, 0.2) is 18.2 Å². The van der Waals surface area contributed by atoms with Gasteiger partial charge in [-0.25, -0.2) is 0 Å². The Morgan fingerprint density at radius 3 is 2.70 bits per heavy atom. The molecule has 0 fully saturated rings. The molecule has 126 valence electrons. The van der Waals surface area contributed by atoms with E-state index in [1.807, 2.05) is 25.2 Å². The second-order valence-corrected chi connectivity index (χ2v) is 6.61. The third-order valence-electron chi connectivity index (χ3n) is 4.60. The van der Waals surface area contributed by atoms with Crippen LogP contribution in [0.1, 0.15) is 54.1 Å². The lowest BCUT2D eigenvalue weighted by atomic mass is 9.92. The zero-order valence-corrected chi connectivity index (χ0v) is 14.2. The first-order valence-electron chi connectivity index (χ1n) is 8.57. The summed E-state index contributed by atoms with van der Waals surface area (Å²) in [7, 11) is 1.96. The Labute approximate surface area is 138 Å². The lowest BCUT2D eigenvalue weighted by molar-refractivity contribution is -0.137. The number of aliphatic carboxylic acids is 1. The molecule has 0 saturated carbocycles. The number of rotatable bonds is 9. The van der Waals surface area contributed by atoms with E-state index in [9.17, 15) is 9.59 Å². The maximum absolute atomic E-state index is 12.8. The SMILES string of the molecule is CCCCN(C)CC(CC(=O)O)C(=O)c1ccc2c(c1)CCC2. The number of carbonyl (C=O) groups is 2. The van der Waals surface area contributed by atoms with E-state index in [-0.39, 0.29) is 12.2 Å². The fraction of sp³-hybridized carbons (Fsp3) is 0.579. The molecular formula is C19H27NO3. The van der Waals surface area contributed by atoms with Gasteiger partial charge in [-0.3, -0.25) is 9.59 Å². The van der Waals surface area contributed by atoms with E-state index in [4.69, 9.17) is 5.11 Å². The average Bonchev–Trinajstić information content (AvgIpc) is 2.98. The first kappa shape index (κ1) is 17.7. The Balaban J connectivity index is 2.10. The number of Topliss-reactive ketones (excluding diaryl/α,β-unsaturated/α-hetero) is 1. The highest BCUT2D eigenvalue weighted by molar-refractivity contribution is 5.99. The first-order valence-corrected chi connectivity index (χ1v) is 8.57. The van der Waals surface area contributed by atoms with Gasteiger partial charge in [0.25, 0.3) is 0 Å². The number of carbonyl (C=O) groups excluding carboxylic acids is 1. The fourth-order valence-electron chi connectivity index (χ4n) is 3.31. The van der Waals surface area contributed by atoms with Gasteiger partial charge in [-0.15, -0.1) is 0 Å². The highest BCUT2D eigenvalue weighted by Crippen LogP contribution is 2.24. The van der Waals surface area contributed by atoms with E-state index in [1.54, 1.807) is 0 Å². The monoisotopic (exact) mass is 317 g/mol. The number of carboxylic acids is 1. The van der Waals surface area contributed by atoms with Gasteiger partial charge in [-0.05, 0) is 56.5 Å². The van der Waals surface area contributed by atoms with Crippen LogP contribution >= 0.6 is 0 Å². The van der Waals surface area contributed by atoms with Crippen molar-refractivity contribution in [2.24, 2.45) is 5.92 Å². The van der Waals surface area contributed by atoms with E-state index in [0.717, 1.165) is 38.6 Å². The van der Waals surface area contributed by atoms with Crippen LogP contribution in [0.4, 0.5) is 0 Å². The molecule has 1 aromatic carbocycles. The van der Waals surface area contributed by atoms with Gasteiger partial charge >= 0.3 is 5.97 Å². The molecule has 0 radical (unpaired) electrons. The summed E-state index contributed by atoms with van der Waals surface area (Å²) in [6, 6.07) is 5.88. The van der Waals surface area contributed by atoms with Crippen LogP contribution in [0, 0.1) is 5.92 Å². The molecule has 2 rings (SSSR count). The van der Waals surface area contributed by atoms with Crippen molar-refractivity contribution in [3.8, 4) is 0 Å². The summed E-state index contributed by atoms with van der Waals surface area (Å²) in [4.78, 5) is 26.0. The molecule has 1 N–H and O–H groups in total. The Morgan fingerprint density at radius 2 is 2.00 bits per heavy atom. The summed E-state index contributed by atoms with van der Waals surface area (Å²) in [6.45, 7) is 3.52. The van der Waals surface area contributed by atoms with E-state index in [2.05, 4.69) is 11.8 Å². The molecule has 0 spiro atoms. The number of unbranched alkanes of at least 4 members (excludes halogenated alkanes) is 1. The molecule has 1 unspecified atom stereocenters. The molecular weight excluding hydrogens is 290 g/mol. The second kappa shape index (κ2) is 8.25. The molecule has 1 atom stereocenters. The summed E-state index contributed by atoms with van der Waals surface area (Å²) >= 11 is 0. The fourth-order valence-corrected chi connectivity index (χ4v) is 3.31. The van der Waals surface area contributed by atoms with Crippen LogP contribution in [0.3, 0.4) is 0 Å². The molecule has 0 saturated heterocycles. The predicted molar refractivity (Wildman–Crippen MR) is 90.9 cm³/mol. The number of hydrogen-bond acceptors (Lipinski definition) is 3. The van der Waals surface area contributed by atoms with Crippen LogP contribution < -0.4 is 0 Å². The van der Waals surface area contributed by atoms with E-state index < -0.39 is 11.9 Å². The summed E-state index contributed by atoms with van der Waals surface area (Å²) in [5.74, 6) is -1.42. The van der Waals surface area contributed by atoms with Gasteiger partial charge in [0.05, 0.1) is 6.42 Å². The molecule has 1 aromatic rings. The molecule has 1 aliphatic carbocycles. The Bertz CT molecular complexity index is 568. The summed E-state index contributed by atoms with van der Waals surface area (Å²) in [5, 5.41) is 9.15. The molecule has 0 amide bonds. The Kier molecular flexibility index (Phi) is 6.34. The minimum Gasteiger partial charge on any atom is -0.481 e. The molecule has 0 aliphatic heterocycles. The van der Waals surface area contributed by atoms with Crippen LogP contribution in [-0.2, 0) is 17.6 Å². The van der Waals surface area contributed by atoms with Crippen molar-refractivity contribution >= 4 is 11.8 Å². The maximum Gasteiger partial charge on any atom is 0.304 e. The third kappa shape index (κ3) is 4.90. The lowest BCUT2D eigenvalue weighted by Crippen LogP contribution is -2.32. The van der Waals surface area contributed by atoms with Gasteiger partial charge in [0.2, 0.25) is 0 Å². The Hall–Kier alpha value is -1.68. The molecule has 1 aliphatic rings. The largest absolute Gasteiger partial charge is 0.481 e. The first-order chi connectivity index (χ1) is 11.0. The molecule has 0 heterocycles. The van der Waals surface area contributed by atoms with Crippen LogP contribution in [0.2, 0.25) is 0 Å². The van der Waals surface area contributed by atoms with Crippen molar-refractivity contribution in [3.63, 3.8) is 0 Å². The highest BCUT2D eigenvalue weighted by atomic mass is 16.4.